The van der Waals surface area contributed by atoms with Crippen LogP contribution >= 0.6 is 0 Å². The molecule has 0 aromatic rings. The van der Waals surface area contributed by atoms with Crippen molar-refractivity contribution in [2.75, 3.05) is 39.3 Å². The molecule has 23 N–H and O–H groups in total. The number of nitrogens with one attached hydrogen (secondary N) is 11. The van der Waals surface area contributed by atoms with Gasteiger partial charge in [0.05, 0.1) is 12.2 Å². The van der Waals surface area contributed by atoms with Gasteiger partial charge in [0.1, 0.15) is 60.4 Å². The molecule has 82 heavy (non-hydrogen) atoms. The number of nitrogens with two attached hydrogens (primary N) is 5. The fourth-order valence-corrected chi connectivity index (χ4v) is 8.76. The Hall–Kier alpha value is -6.11. The Bertz CT molecular complexity index is 2070. The molecule has 0 aromatic heterocycles. The van der Waals surface area contributed by atoms with E-state index in [2.05, 4.69) is 72.3 Å². The van der Waals surface area contributed by atoms with Crippen LogP contribution in [0.25, 0.3) is 0 Å². The van der Waals surface area contributed by atoms with E-state index < -0.39 is 151 Å². The molecule has 13 atom stereocenters. The first kappa shape index (κ1) is 73.9. The molecule has 11 amide bonds. The molecule has 0 spiro atoms. The van der Waals surface area contributed by atoms with Gasteiger partial charge >= 0.3 is 0 Å². The van der Waals surface area contributed by atoms with Crippen LogP contribution in [0.3, 0.4) is 0 Å². The van der Waals surface area contributed by atoms with Crippen molar-refractivity contribution in [2.24, 2.45) is 46.4 Å². The normalized spacial score (nSPS) is 23.4. The lowest BCUT2D eigenvalue weighted by molar-refractivity contribution is -0.137. The van der Waals surface area contributed by atoms with E-state index >= 15 is 0 Å². The Kier molecular flexibility index (Phi) is 35.5. The highest BCUT2D eigenvalue weighted by atomic mass is 16.3. The third kappa shape index (κ3) is 27.3. The van der Waals surface area contributed by atoms with Crippen LogP contribution in [0.4, 0.5) is 0 Å². The Labute approximate surface area is 482 Å². The monoisotopic (exact) mass is 1170 g/mol. The summed E-state index contributed by atoms with van der Waals surface area (Å²) in [7, 11) is 0. The average molecular weight is 1170 g/mol. The highest BCUT2D eigenvalue weighted by molar-refractivity contribution is 5.99. The molecule has 0 bridgehead atoms. The predicted molar refractivity (Wildman–Crippen MR) is 305 cm³/mol. The molecule has 29 heteroatoms. The van der Waals surface area contributed by atoms with E-state index in [9.17, 15) is 63.0 Å². The van der Waals surface area contributed by atoms with Crippen molar-refractivity contribution in [3.05, 3.63) is 0 Å². The predicted octanol–water partition coefficient (Wildman–Crippen LogP) is -5.44. The molecule has 0 aromatic carbocycles. The van der Waals surface area contributed by atoms with E-state index in [-0.39, 0.29) is 95.9 Å². The van der Waals surface area contributed by atoms with Crippen LogP contribution in [0.15, 0.2) is 0 Å². The van der Waals surface area contributed by atoms with Gasteiger partial charge in [-0.15, -0.1) is 0 Å². The van der Waals surface area contributed by atoms with Gasteiger partial charge in [-0.3, -0.25) is 52.7 Å². The van der Waals surface area contributed by atoms with Crippen LogP contribution < -0.4 is 87.2 Å². The highest BCUT2D eigenvalue weighted by Crippen LogP contribution is 2.14. The van der Waals surface area contributed by atoms with Crippen LogP contribution in [0.5, 0.6) is 0 Å². The maximum Gasteiger partial charge on any atom is 0.245 e. The van der Waals surface area contributed by atoms with Crippen molar-refractivity contribution >= 4 is 65.0 Å². The van der Waals surface area contributed by atoms with Gasteiger partial charge < -0.3 is 97.4 Å². The van der Waals surface area contributed by atoms with E-state index in [1.807, 2.05) is 0 Å². The number of hydrogen-bond donors (Lipinski definition) is 18. The summed E-state index contributed by atoms with van der Waals surface area (Å²) in [5.41, 5.74) is 29.2. The van der Waals surface area contributed by atoms with Crippen molar-refractivity contribution in [3.8, 4) is 0 Å². The number of carbonyl (C=O) groups is 11. The summed E-state index contributed by atoms with van der Waals surface area (Å²) in [6, 6.07) is -14.5. The molecule has 1 fully saturated rings. The van der Waals surface area contributed by atoms with Gasteiger partial charge in [0.25, 0.3) is 0 Å². The van der Waals surface area contributed by atoms with Crippen LogP contribution in [-0.4, -0.2) is 187 Å². The largest absolute Gasteiger partial charge is 0.391 e. The van der Waals surface area contributed by atoms with E-state index in [1.54, 1.807) is 27.7 Å². The molecule has 2 unspecified atom stereocenters. The summed E-state index contributed by atoms with van der Waals surface area (Å²) in [5.74, 6) is -9.49. The maximum absolute atomic E-state index is 14.4. The van der Waals surface area contributed by atoms with Gasteiger partial charge in [-0.1, -0.05) is 60.8 Å². The lowest BCUT2D eigenvalue weighted by Gasteiger charge is -2.29. The second-order valence-corrected chi connectivity index (χ2v) is 22.0. The number of amides is 11. The number of rotatable bonds is 29. The quantitative estimate of drug-likeness (QED) is 0.0311. The topological polar surface area (TPSA) is 491 Å². The third-order valence-electron chi connectivity index (χ3n) is 13.7. The Morgan fingerprint density at radius 2 is 0.963 bits per heavy atom. The van der Waals surface area contributed by atoms with Crippen molar-refractivity contribution in [3.63, 3.8) is 0 Å². The highest BCUT2D eigenvalue weighted by Gasteiger charge is 2.37. The molecule has 1 saturated heterocycles. The number of aliphatic hydroxyl groups is 2. The Morgan fingerprint density at radius 1 is 0.524 bits per heavy atom. The zero-order chi connectivity index (χ0) is 62.2. The summed E-state index contributed by atoms with van der Waals surface area (Å²) in [6.45, 7) is 12.6. The maximum atomic E-state index is 14.4. The first-order valence-corrected chi connectivity index (χ1v) is 28.8. The number of hydrogen-bond acceptors (Lipinski definition) is 18. The van der Waals surface area contributed by atoms with Crippen LogP contribution in [0, 0.1) is 17.8 Å². The lowest BCUT2D eigenvalue weighted by Crippen LogP contribution is -2.62. The molecule has 1 heterocycles. The standard InChI is InChI=1S/C53H100N16O13/c1-9-30(6)12-10-11-13-41(72)60-33(14-20-54)48(77)69-43(32(8)71)53(82)65-36(17-23-57)45(74)64-38-19-25-59-52(81)42(31(7)70)68-49(78)37(18-24-58)62-44(73)34(15-21-55)63-50(79)39(26-28(2)3)67-51(80)40(27-29(4)5)66-46(75)35(16-22-56)61-47(38)76/h28-40,42-43,70-71H,9-27,54-58H2,1-8H3,(H,59,81)(H,60,72)(H,61,76)(H,62,73)(H,63,79)(H,64,74)(H,65,82)(H,66,75)(H,67,80)(H,68,78)(H,69,77)/t30?,31-,32-,33+,34+,35+,36+,37+,38+,39+,40-,42?,43+/m1/s1. The minimum Gasteiger partial charge on any atom is -0.391 e. The first-order chi connectivity index (χ1) is 38.7. The molecule has 470 valence electrons. The van der Waals surface area contributed by atoms with Crippen LogP contribution in [0.1, 0.15) is 139 Å². The Balaban J connectivity index is 3.81. The zero-order valence-corrected chi connectivity index (χ0v) is 49.4. The van der Waals surface area contributed by atoms with Gasteiger partial charge in [-0.2, -0.15) is 0 Å². The smallest absolute Gasteiger partial charge is 0.245 e. The van der Waals surface area contributed by atoms with Crippen molar-refractivity contribution in [1.29, 1.82) is 0 Å². The lowest BCUT2D eigenvalue weighted by atomic mass is 9.99. The zero-order valence-electron chi connectivity index (χ0n) is 49.4. The molecule has 29 nitrogen and oxygen atoms in total. The average Bonchev–Trinajstić information content (AvgIpc) is 3.41. The minimum absolute atomic E-state index is 0.0131. The number of unbranched alkanes of at least 4 members (excludes halogenated alkanes) is 1. The Morgan fingerprint density at radius 3 is 1.39 bits per heavy atom. The van der Waals surface area contributed by atoms with Gasteiger partial charge in [0.2, 0.25) is 65.0 Å². The van der Waals surface area contributed by atoms with E-state index in [0.717, 1.165) is 19.3 Å². The van der Waals surface area contributed by atoms with E-state index in [1.165, 1.54) is 13.8 Å². The fraction of sp³-hybridized carbons (Fsp3) is 0.792. The van der Waals surface area contributed by atoms with Crippen molar-refractivity contribution in [2.45, 2.75) is 211 Å². The van der Waals surface area contributed by atoms with Crippen LogP contribution in [-0.2, 0) is 52.7 Å². The van der Waals surface area contributed by atoms with Gasteiger partial charge in [-0.25, -0.2) is 0 Å². The second-order valence-electron chi connectivity index (χ2n) is 22.0. The van der Waals surface area contributed by atoms with Crippen LogP contribution in [0.2, 0.25) is 0 Å². The summed E-state index contributed by atoms with van der Waals surface area (Å²) < 4.78 is 0. The molecule has 1 aliphatic rings. The molecular weight excluding hydrogens is 1070 g/mol. The SMILES string of the molecule is CCC(C)CCCCC(=O)N[C@@H](CCN)C(=O)N[C@H](C(=O)N[C@@H](CCN)C(=O)N[C@H]1CCNC(=O)C([C@@H](C)O)NC(=O)[C@H](CCN)NC(=O)[C@H](CCN)NC(=O)[C@H](CC(C)C)NC(=O)[C@@H](CC(C)C)NC(=O)[C@H](CCN)NC1=O)[C@@H](C)O. The molecular formula is C53H100N16O13. The molecule has 1 aliphatic heterocycles. The first-order valence-electron chi connectivity index (χ1n) is 28.8. The van der Waals surface area contributed by atoms with E-state index in [0.29, 0.717) is 12.3 Å². The second kappa shape index (κ2) is 39.4. The molecule has 0 saturated carbocycles. The fourth-order valence-electron chi connectivity index (χ4n) is 8.76. The molecule has 0 aliphatic carbocycles. The van der Waals surface area contributed by atoms with Gasteiger partial charge in [0.15, 0.2) is 0 Å². The van der Waals surface area contributed by atoms with E-state index in [4.69, 9.17) is 28.7 Å². The summed E-state index contributed by atoms with van der Waals surface area (Å²) in [4.78, 5) is 153. The summed E-state index contributed by atoms with van der Waals surface area (Å²) >= 11 is 0. The summed E-state index contributed by atoms with van der Waals surface area (Å²) in [6.07, 6.45) is -0.760. The summed E-state index contributed by atoms with van der Waals surface area (Å²) in [5, 5.41) is 49.5. The van der Waals surface area contributed by atoms with Crippen molar-refractivity contribution in [1.82, 2.24) is 58.5 Å². The number of carbonyl (C=O) groups excluding carboxylic acids is 11. The number of aliphatic hydroxyl groups excluding tert-OH is 2. The van der Waals surface area contributed by atoms with Gasteiger partial charge in [-0.05, 0) is 122 Å². The molecule has 0 radical (unpaired) electrons. The van der Waals surface area contributed by atoms with Crippen molar-refractivity contribution < 1.29 is 63.0 Å². The van der Waals surface area contributed by atoms with Gasteiger partial charge in [0, 0.05) is 13.0 Å². The minimum atomic E-state index is -1.69. The third-order valence-corrected chi connectivity index (χ3v) is 13.7. The molecule has 1 rings (SSSR count).